The Balaban J connectivity index is 2.98. The van der Waals surface area contributed by atoms with Crippen molar-refractivity contribution < 1.29 is 0 Å². The van der Waals surface area contributed by atoms with Gasteiger partial charge in [-0.3, -0.25) is 0 Å². The average Bonchev–Trinajstić information content (AvgIpc) is 2.57. The maximum atomic E-state index is 3.06. The predicted molar refractivity (Wildman–Crippen MR) is 124 cm³/mol. The Morgan fingerprint density at radius 3 is 1.46 bits per heavy atom. The summed E-state index contributed by atoms with van der Waals surface area (Å²) in [6.07, 6.45) is 18.5. The minimum absolute atomic E-state index is 1.35. The van der Waals surface area contributed by atoms with E-state index in [9.17, 15) is 0 Å². The molecule has 1 aromatic rings. The molecule has 0 radical (unpaired) electrons. The number of halogens is 1. The molecule has 140 valence electrons. The first kappa shape index (κ1) is 22.4. The van der Waals surface area contributed by atoms with Crippen molar-refractivity contribution in [3.8, 4) is 0 Å². The third kappa shape index (κ3) is 8.17. The van der Waals surface area contributed by atoms with Gasteiger partial charge in [-0.2, -0.15) is 0 Å². The molecule has 1 rings (SSSR count). The molecular weight excluding hydrogens is 422 g/mol. The second-order valence-electron chi connectivity index (χ2n) is 7.76. The van der Waals surface area contributed by atoms with E-state index < -0.39 is 4.25 Å². The Morgan fingerprint density at radius 2 is 1.08 bits per heavy atom. The van der Waals surface area contributed by atoms with Crippen LogP contribution in [0.4, 0.5) is 0 Å². The molecule has 0 saturated heterocycles. The number of rotatable bonds is 14. The van der Waals surface area contributed by atoms with Crippen LogP contribution >= 0.6 is 26.3 Å². The Hall–Kier alpha value is 0.380. The monoisotopic (exact) mass is 462 g/mol. The first-order valence-corrected chi connectivity index (χ1v) is 16.1. The molecule has 0 aliphatic rings. The van der Waals surface area contributed by atoms with E-state index >= 15 is 0 Å². The molecule has 0 saturated carbocycles. The second kappa shape index (κ2) is 11.9. The standard InChI is InChI=1S/C22H40IP/c1-4-7-13-18-24(23,19-14-8-5-2,20-15-9-6-3)21-22-16-11-10-12-17-22/h10-12,16-17H,4-9,13-15,18-21H2,1-3H3. The van der Waals surface area contributed by atoms with Crippen LogP contribution in [0.25, 0.3) is 0 Å². The van der Waals surface area contributed by atoms with Gasteiger partial charge in [0.1, 0.15) is 0 Å². The van der Waals surface area contributed by atoms with Gasteiger partial charge >= 0.3 is 165 Å². The van der Waals surface area contributed by atoms with Crippen LogP contribution in [0.2, 0.25) is 0 Å². The summed E-state index contributed by atoms with van der Waals surface area (Å²) in [7, 11) is 0. The molecule has 0 heterocycles. The summed E-state index contributed by atoms with van der Waals surface area (Å²) in [5.41, 5.74) is 1.59. The van der Waals surface area contributed by atoms with Gasteiger partial charge < -0.3 is 0 Å². The van der Waals surface area contributed by atoms with Gasteiger partial charge in [-0.25, -0.2) is 0 Å². The van der Waals surface area contributed by atoms with Crippen molar-refractivity contribution in [1.29, 1.82) is 0 Å². The van der Waals surface area contributed by atoms with E-state index in [1.165, 1.54) is 82.4 Å². The molecule has 0 spiro atoms. The van der Waals surface area contributed by atoms with Gasteiger partial charge in [-0.15, -0.1) is 0 Å². The molecule has 0 aromatic heterocycles. The first-order chi connectivity index (χ1) is 11.6. The normalized spacial score (nSPS) is 13.6. The molecule has 0 aliphatic heterocycles. The molecule has 24 heavy (non-hydrogen) atoms. The maximum absolute atomic E-state index is 3.06. The van der Waals surface area contributed by atoms with Gasteiger partial charge in [-0.1, -0.05) is 0 Å². The molecule has 0 fully saturated rings. The number of hydrogen-bond donors (Lipinski definition) is 0. The topological polar surface area (TPSA) is 0 Å². The van der Waals surface area contributed by atoms with Crippen LogP contribution in [-0.4, -0.2) is 18.5 Å². The number of unbranched alkanes of at least 4 members (excludes halogenated alkanes) is 6. The van der Waals surface area contributed by atoms with E-state index in [-0.39, 0.29) is 0 Å². The third-order valence-electron chi connectivity index (χ3n) is 5.38. The number of hydrogen-bond acceptors (Lipinski definition) is 0. The van der Waals surface area contributed by atoms with E-state index in [1.807, 2.05) is 0 Å². The van der Waals surface area contributed by atoms with Gasteiger partial charge in [-0.05, 0) is 0 Å². The van der Waals surface area contributed by atoms with Crippen molar-refractivity contribution in [3.05, 3.63) is 35.9 Å². The van der Waals surface area contributed by atoms with Crippen molar-refractivity contribution in [1.82, 2.24) is 0 Å². The summed E-state index contributed by atoms with van der Waals surface area (Å²) in [5, 5.41) is 0. The molecule has 0 amide bonds. The molecule has 0 unspecified atom stereocenters. The second-order valence-corrected chi connectivity index (χ2v) is 21.2. The van der Waals surface area contributed by atoms with Gasteiger partial charge in [0.05, 0.1) is 0 Å². The van der Waals surface area contributed by atoms with Gasteiger partial charge in [0.15, 0.2) is 0 Å². The molecule has 0 N–H and O–H groups in total. The van der Waals surface area contributed by atoms with Gasteiger partial charge in [0.2, 0.25) is 0 Å². The quantitative estimate of drug-likeness (QED) is 0.147. The van der Waals surface area contributed by atoms with Crippen molar-refractivity contribution in [2.45, 2.75) is 84.7 Å². The van der Waals surface area contributed by atoms with Crippen LogP contribution in [-0.2, 0) is 6.16 Å². The molecule has 2 heteroatoms. The van der Waals surface area contributed by atoms with E-state index in [2.05, 4.69) is 73.1 Å². The van der Waals surface area contributed by atoms with Crippen LogP contribution in [0.5, 0.6) is 0 Å². The van der Waals surface area contributed by atoms with Crippen molar-refractivity contribution in [2.24, 2.45) is 0 Å². The van der Waals surface area contributed by atoms with Crippen LogP contribution in [0.3, 0.4) is 0 Å². The molecular formula is C22H40IP. The van der Waals surface area contributed by atoms with E-state index in [0.717, 1.165) is 0 Å². The van der Waals surface area contributed by atoms with E-state index in [4.69, 9.17) is 0 Å². The zero-order valence-electron chi connectivity index (χ0n) is 16.4. The summed E-state index contributed by atoms with van der Waals surface area (Å²) >= 11 is 3.06. The van der Waals surface area contributed by atoms with Crippen molar-refractivity contribution in [2.75, 3.05) is 18.5 Å². The SMILES string of the molecule is CCCCCP(I)(CCCCC)(CCCCC)Cc1ccccc1. The Labute approximate surface area is 165 Å². The summed E-state index contributed by atoms with van der Waals surface area (Å²) < 4.78 is -1.67. The molecule has 0 aliphatic carbocycles. The fourth-order valence-electron chi connectivity index (χ4n) is 3.88. The minimum atomic E-state index is -1.67. The van der Waals surface area contributed by atoms with Crippen LogP contribution in [0.1, 0.15) is 84.1 Å². The van der Waals surface area contributed by atoms with Crippen LogP contribution in [0.15, 0.2) is 30.3 Å². The molecule has 0 bridgehead atoms. The third-order valence-corrected chi connectivity index (χ3v) is 16.2. The number of benzene rings is 1. The summed E-state index contributed by atoms with van der Waals surface area (Å²) in [6, 6.07) is 11.4. The zero-order valence-corrected chi connectivity index (χ0v) is 19.5. The Morgan fingerprint density at radius 1 is 0.667 bits per heavy atom. The van der Waals surface area contributed by atoms with Crippen LogP contribution < -0.4 is 0 Å². The van der Waals surface area contributed by atoms with E-state index in [1.54, 1.807) is 5.56 Å². The fraction of sp³-hybridized carbons (Fsp3) is 0.727. The van der Waals surface area contributed by atoms with Gasteiger partial charge in [0.25, 0.3) is 0 Å². The predicted octanol–water partition coefficient (Wildman–Crippen LogP) is 8.66. The van der Waals surface area contributed by atoms with Crippen molar-refractivity contribution >= 4 is 26.3 Å². The zero-order chi connectivity index (χ0) is 17.8. The molecule has 0 nitrogen and oxygen atoms in total. The first-order valence-electron chi connectivity index (χ1n) is 10.3. The average molecular weight is 462 g/mol. The molecule has 1 aromatic carbocycles. The summed E-state index contributed by atoms with van der Waals surface area (Å²) in [5.74, 6) is 0. The fourth-order valence-corrected chi connectivity index (χ4v) is 13.4. The molecule has 0 atom stereocenters. The summed E-state index contributed by atoms with van der Waals surface area (Å²) in [4.78, 5) is 0. The Bertz CT molecular complexity index is 400. The van der Waals surface area contributed by atoms with E-state index in [0.29, 0.717) is 0 Å². The summed E-state index contributed by atoms with van der Waals surface area (Å²) in [6.45, 7) is 7.02. The van der Waals surface area contributed by atoms with Gasteiger partial charge in [0, 0.05) is 0 Å². The van der Waals surface area contributed by atoms with Crippen molar-refractivity contribution in [3.63, 3.8) is 0 Å². The Kier molecular flexibility index (Phi) is 11.1. The van der Waals surface area contributed by atoms with Crippen LogP contribution in [0, 0.1) is 0 Å².